The number of esters is 4. The molecule has 0 aromatic rings. The Morgan fingerprint density at radius 2 is 0.460 bits per heavy atom. The van der Waals surface area contributed by atoms with Crippen LogP contribution >= 0.6 is 15.6 Å². The van der Waals surface area contributed by atoms with Gasteiger partial charge in [-0.25, -0.2) is 9.13 Å². The Balaban J connectivity index is 5.21. The van der Waals surface area contributed by atoms with Gasteiger partial charge in [-0.15, -0.1) is 0 Å². The largest absolute Gasteiger partial charge is 0.472 e. The highest BCUT2D eigenvalue weighted by atomic mass is 31.2. The van der Waals surface area contributed by atoms with Crippen LogP contribution in [0.4, 0.5) is 0 Å². The van der Waals surface area contributed by atoms with E-state index in [1.54, 1.807) is 0 Å². The van der Waals surface area contributed by atoms with Gasteiger partial charge >= 0.3 is 39.5 Å². The molecular weight excluding hydrogens is 1310 g/mol. The van der Waals surface area contributed by atoms with E-state index in [9.17, 15) is 43.2 Å². The van der Waals surface area contributed by atoms with E-state index in [2.05, 4.69) is 41.5 Å². The van der Waals surface area contributed by atoms with Gasteiger partial charge in [0.25, 0.3) is 0 Å². The van der Waals surface area contributed by atoms with Crippen LogP contribution in [0.5, 0.6) is 0 Å². The fourth-order valence-electron chi connectivity index (χ4n) is 12.5. The van der Waals surface area contributed by atoms with E-state index in [1.165, 1.54) is 238 Å². The molecule has 2 unspecified atom stereocenters. The van der Waals surface area contributed by atoms with Crippen molar-refractivity contribution < 1.29 is 80.2 Å². The molecule has 0 amide bonds. The van der Waals surface area contributed by atoms with E-state index >= 15 is 0 Å². The highest BCUT2D eigenvalue weighted by Crippen LogP contribution is 2.45. The predicted molar refractivity (Wildman–Crippen MR) is 409 cm³/mol. The maximum absolute atomic E-state index is 13.1. The minimum absolute atomic E-state index is 0.107. The van der Waals surface area contributed by atoms with Crippen LogP contribution in [0.1, 0.15) is 427 Å². The smallest absolute Gasteiger partial charge is 0.462 e. The molecule has 0 saturated carbocycles. The number of unbranched alkanes of at least 4 members (excludes halogenated alkanes) is 50. The van der Waals surface area contributed by atoms with Crippen molar-refractivity contribution in [1.29, 1.82) is 0 Å². The maximum atomic E-state index is 13.1. The van der Waals surface area contributed by atoms with Gasteiger partial charge in [-0.05, 0) is 37.5 Å². The Hall–Kier alpha value is -1.94. The lowest BCUT2D eigenvalue weighted by Gasteiger charge is -2.21. The lowest BCUT2D eigenvalue weighted by atomic mass is 10.0. The van der Waals surface area contributed by atoms with Gasteiger partial charge in [0, 0.05) is 25.7 Å². The molecule has 17 nitrogen and oxygen atoms in total. The summed E-state index contributed by atoms with van der Waals surface area (Å²) in [6.07, 6.45) is 62.6. The first kappa shape index (κ1) is 98.1. The van der Waals surface area contributed by atoms with Gasteiger partial charge < -0.3 is 33.8 Å². The van der Waals surface area contributed by atoms with Gasteiger partial charge in [-0.1, -0.05) is 375 Å². The van der Waals surface area contributed by atoms with Crippen LogP contribution in [0, 0.1) is 11.8 Å². The molecule has 0 aromatic carbocycles. The minimum Gasteiger partial charge on any atom is -0.462 e. The quantitative estimate of drug-likeness (QED) is 0.0222. The second kappa shape index (κ2) is 72.6. The van der Waals surface area contributed by atoms with Crippen LogP contribution < -0.4 is 0 Å². The van der Waals surface area contributed by atoms with Crippen molar-refractivity contribution in [3.8, 4) is 0 Å². The van der Waals surface area contributed by atoms with Gasteiger partial charge in [-0.3, -0.25) is 37.3 Å². The lowest BCUT2D eigenvalue weighted by molar-refractivity contribution is -0.161. The molecule has 594 valence electrons. The molecule has 5 atom stereocenters. The molecule has 0 radical (unpaired) electrons. The summed E-state index contributed by atoms with van der Waals surface area (Å²) in [6, 6.07) is 0. The standard InChI is InChI=1S/C81H158O17P2/c1-7-9-11-13-15-17-19-21-22-23-24-25-29-33-36-40-44-51-57-63-78(83)91-69-76(97-80(85)66-60-54-46-42-38-34-30-27-26-28-32-35-39-43-49-55-61-73(3)4)71-95-99(87,88)93-67-75(82)68-94-100(89,90)96-72-77(70-92-79(84)64-58-52-48-47-50-56-62-74(5)6)98-81(86)65-59-53-45-41-37-31-20-18-16-14-12-10-8-2/h73-77,82H,7-72H2,1-6H3,(H,87,88)(H,89,90)/t75-,76-,77-/m1/s1. The first-order valence-corrected chi connectivity index (χ1v) is 45.0. The number of aliphatic hydroxyl groups excluding tert-OH is 1. The van der Waals surface area contributed by atoms with Gasteiger partial charge in [0.2, 0.25) is 0 Å². The first-order chi connectivity index (χ1) is 48.4. The third-order valence-electron chi connectivity index (χ3n) is 19.0. The molecule has 0 bridgehead atoms. The van der Waals surface area contributed by atoms with Crippen molar-refractivity contribution in [1.82, 2.24) is 0 Å². The summed E-state index contributed by atoms with van der Waals surface area (Å²) in [5, 5.41) is 10.6. The summed E-state index contributed by atoms with van der Waals surface area (Å²) in [7, 11) is -9.92. The van der Waals surface area contributed by atoms with Crippen molar-refractivity contribution in [3.05, 3.63) is 0 Å². The summed E-state index contributed by atoms with van der Waals surface area (Å²) in [5.74, 6) is -0.621. The number of carbonyl (C=O) groups is 4. The highest BCUT2D eigenvalue weighted by molar-refractivity contribution is 7.47. The molecule has 0 heterocycles. The van der Waals surface area contributed by atoms with E-state index in [1.807, 2.05) is 0 Å². The zero-order valence-corrected chi connectivity index (χ0v) is 67.3. The average molecular weight is 1470 g/mol. The van der Waals surface area contributed by atoms with Crippen molar-refractivity contribution in [3.63, 3.8) is 0 Å². The zero-order chi connectivity index (χ0) is 73.5. The van der Waals surface area contributed by atoms with Crippen molar-refractivity contribution >= 4 is 39.5 Å². The lowest BCUT2D eigenvalue weighted by Crippen LogP contribution is -2.30. The van der Waals surface area contributed by atoms with Crippen molar-refractivity contribution in [2.24, 2.45) is 11.8 Å². The molecule has 19 heteroatoms. The summed E-state index contributed by atoms with van der Waals surface area (Å²) < 4.78 is 68.7. The Morgan fingerprint density at radius 3 is 0.680 bits per heavy atom. The molecule has 0 spiro atoms. The molecule has 100 heavy (non-hydrogen) atoms. The van der Waals surface area contributed by atoms with E-state index < -0.39 is 97.5 Å². The zero-order valence-electron chi connectivity index (χ0n) is 65.5. The summed E-state index contributed by atoms with van der Waals surface area (Å²) >= 11 is 0. The van der Waals surface area contributed by atoms with Crippen molar-refractivity contribution in [2.75, 3.05) is 39.6 Å². The molecule has 3 N–H and O–H groups in total. The molecule has 0 fully saturated rings. The van der Waals surface area contributed by atoms with Crippen LogP contribution in [-0.2, 0) is 65.4 Å². The minimum atomic E-state index is -4.96. The number of rotatable bonds is 80. The molecule has 0 aliphatic rings. The number of hydrogen-bond acceptors (Lipinski definition) is 15. The number of carbonyl (C=O) groups excluding carboxylic acids is 4. The number of hydrogen-bond donors (Lipinski definition) is 3. The topological polar surface area (TPSA) is 237 Å². The van der Waals surface area contributed by atoms with Gasteiger partial charge in [0.05, 0.1) is 26.4 Å². The molecule has 0 rings (SSSR count). The molecular formula is C81H158O17P2. The van der Waals surface area contributed by atoms with Crippen LogP contribution in [0.3, 0.4) is 0 Å². The predicted octanol–water partition coefficient (Wildman–Crippen LogP) is 24.3. The molecule has 0 aliphatic carbocycles. The monoisotopic (exact) mass is 1470 g/mol. The molecule has 0 saturated heterocycles. The van der Waals surface area contributed by atoms with Gasteiger partial charge in [0.15, 0.2) is 12.2 Å². The maximum Gasteiger partial charge on any atom is 0.472 e. The van der Waals surface area contributed by atoms with Gasteiger partial charge in [-0.2, -0.15) is 0 Å². The first-order valence-electron chi connectivity index (χ1n) is 42.0. The normalized spacial score (nSPS) is 13.9. The Kier molecular flexibility index (Phi) is 71.2. The fraction of sp³-hybridized carbons (Fsp3) is 0.951. The van der Waals surface area contributed by atoms with Crippen LogP contribution in [0.15, 0.2) is 0 Å². The number of ether oxygens (including phenoxy) is 4. The summed E-state index contributed by atoms with van der Waals surface area (Å²) in [5.41, 5.74) is 0. The number of phosphoric acid groups is 2. The van der Waals surface area contributed by atoms with Gasteiger partial charge in [0.1, 0.15) is 19.3 Å². The van der Waals surface area contributed by atoms with Crippen molar-refractivity contribution in [2.45, 2.75) is 445 Å². The summed E-state index contributed by atoms with van der Waals surface area (Å²) in [4.78, 5) is 73.0. The Morgan fingerprint density at radius 1 is 0.270 bits per heavy atom. The van der Waals surface area contributed by atoms with E-state index in [-0.39, 0.29) is 25.7 Å². The Bertz CT molecular complexity index is 1920. The number of aliphatic hydroxyl groups is 1. The summed E-state index contributed by atoms with van der Waals surface area (Å²) in [6.45, 7) is 9.58. The second-order valence-electron chi connectivity index (χ2n) is 30.1. The number of phosphoric ester groups is 2. The molecule has 0 aliphatic heterocycles. The third kappa shape index (κ3) is 74.3. The fourth-order valence-corrected chi connectivity index (χ4v) is 14.1. The molecule has 0 aromatic heterocycles. The Labute approximate surface area is 613 Å². The van der Waals surface area contributed by atoms with E-state index in [0.717, 1.165) is 102 Å². The SMILES string of the molecule is CCCCCCCCCCCCCCCCCCCCCC(=O)OC[C@H](COP(=O)(O)OC[C@@H](O)COP(=O)(O)OC[C@@H](COC(=O)CCCCCCCCC(C)C)OC(=O)CCCCCCCCCCCCCCC)OC(=O)CCCCCCCCCCCCCCCCCCC(C)C. The van der Waals surface area contributed by atoms with E-state index in [0.29, 0.717) is 31.6 Å². The van der Waals surface area contributed by atoms with Crippen LogP contribution in [-0.4, -0.2) is 96.7 Å². The van der Waals surface area contributed by atoms with E-state index in [4.69, 9.17) is 37.0 Å². The van der Waals surface area contributed by atoms with Crippen LogP contribution in [0.25, 0.3) is 0 Å². The second-order valence-corrected chi connectivity index (χ2v) is 33.0. The average Bonchev–Trinajstić information content (AvgIpc) is 0.919. The highest BCUT2D eigenvalue weighted by Gasteiger charge is 2.30. The third-order valence-corrected chi connectivity index (χ3v) is 20.9. The van der Waals surface area contributed by atoms with Crippen LogP contribution in [0.2, 0.25) is 0 Å².